The zero-order valence-corrected chi connectivity index (χ0v) is 10.7. The lowest BCUT2D eigenvalue weighted by molar-refractivity contribution is 0.0525. The predicted molar refractivity (Wildman–Crippen MR) is 63.6 cm³/mol. The molecule has 0 bridgehead atoms. The molecule has 0 spiro atoms. The van der Waals surface area contributed by atoms with Crippen molar-refractivity contribution in [3.8, 4) is 17.6 Å². The molecule has 0 aliphatic carbocycles. The van der Waals surface area contributed by atoms with Crippen LogP contribution < -0.4 is 4.74 Å². The minimum absolute atomic E-state index is 0.0887. The van der Waals surface area contributed by atoms with Crippen LogP contribution in [0.5, 0.6) is 11.5 Å². The van der Waals surface area contributed by atoms with Crippen LogP contribution in [-0.4, -0.2) is 28.0 Å². The number of aliphatic hydroxyl groups is 2. The van der Waals surface area contributed by atoms with E-state index in [0.29, 0.717) is 11.1 Å². The third-order valence-electron chi connectivity index (χ3n) is 2.12. The first kappa shape index (κ1) is 13.8. The number of nitriles is 1. The quantitative estimate of drug-likeness (QED) is 0.732. The first-order chi connectivity index (χ1) is 8.01. The first-order valence-corrected chi connectivity index (χ1v) is 5.71. The van der Waals surface area contributed by atoms with E-state index < -0.39 is 12.2 Å². The van der Waals surface area contributed by atoms with Crippen LogP contribution in [0.4, 0.5) is 0 Å². The molecule has 0 aromatic heterocycles. The molecule has 0 radical (unpaired) electrons. The van der Waals surface area contributed by atoms with E-state index in [-0.39, 0.29) is 17.1 Å². The summed E-state index contributed by atoms with van der Waals surface area (Å²) in [6, 6.07) is 4.34. The molecule has 0 aliphatic rings. The Bertz CT molecular complexity index is 444. The molecule has 0 saturated heterocycles. The number of rotatable bonds is 4. The second-order valence-corrected chi connectivity index (χ2v) is 4.16. The third kappa shape index (κ3) is 3.09. The Morgan fingerprint density at radius 3 is 2.65 bits per heavy atom. The summed E-state index contributed by atoms with van der Waals surface area (Å²) in [4.78, 5) is 0. The van der Waals surface area contributed by atoms with E-state index in [4.69, 9.17) is 10.00 Å². The van der Waals surface area contributed by atoms with Gasteiger partial charge in [0.2, 0.25) is 0 Å². The van der Waals surface area contributed by atoms with Gasteiger partial charge in [-0.15, -0.1) is 0 Å². The highest BCUT2D eigenvalue weighted by molar-refractivity contribution is 9.10. The van der Waals surface area contributed by atoms with Crippen molar-refractivity contribution in [1.82, 2.24) is 0 Å². The Hall–Kier alpha value is -1.29. The number of benzene rings is 1. The molecular formula is C11H12BrNO4. The topological polar surface area (TPSA) is 93.7 Å². The summed E-state index contributed by atoms with van der Waals surface area (Å²) in [7, 11) is 0. The number of phenolic OH excluding ortho intramolecular Hbond substituents is 1. The Morgan fingerprint density at radius 2 is 2.12 bits per heavy atom. The average molecular weight is 302 g/mol. The fourth-order valence-electron chi connectivity index (χ4n) is 1.28. The summed E-state index contributed by atoms with van der Waals surface area (Å²) in [5, 5.41) is 37.1. The van der Waals surface area contributed by atoms with Crippen molar-refractivity contribution < 1.29 is 20.1 Å². The summed E-state index contributed by atoms with van der Waals surface area (Å²) in [6.45, 7) is 2.10. The second kappa shape index (κ2) is 5.87. The smallest absolute Gasteiger partial charge is 0.172 e. The molecule has 0 amide bonds. The molecule has 0 heterocycles. The number of aliphatic hydroxyl groups excluding tert-OH is 2. The summed E-state index contributed by atoms with van der Waals surface area (Å²) < 4.78 is 5.49. The normalized spacial score (nSPS) is 13.8. The van der Waals surface area contributed by atoms with E-state index in [1.54, 1.807) is 6.92 Å². The Kier molecular flexibility index (Phi) is 4.75. The predicted octanol–water partition coefficient (Wildman–Crippen LogP) is 1.47. The van der Waals surface area contributed by atoms with Crippen molar-refractivity contribution in [3.63, 3.8) is 0 Å². The number of hydrogen-bond donors (Lipinski definition) is 3. The minimum atomic E-state index is -1.53. The fraction of sp³-hybridized carbons (Fsp3) is 0.364. The van der Waals surface area contributed by atoms with Gasteiger partial charge >= 0.3 is 0 Å². The number of halogens is 1. The van der Waals surface area contributed by atoms with E-state index in [9.17, 15) is 15.3 Å². The van der Waals surface area contributed by atoms with Crippen LogP contribution in [0, 0.1) is 11.3 Å². The molecule has 1 rings (SSSR count). The summed E-state index contributed by atoms with van der Waals surface area (Å²) >= 11 is 3.10. The molecule has 2 atom stereocenters. The summed E-state index contributed by atoms with van der Waals surface area (Å²) in [5.41, 5.74) is 0.284. The molecule has 1 aromatic carbocycles. The first-order valence-electron chi connectivity index (χ1n) is 4.92. The molecule has 0 fully saturated rings. The second-order valence-electron chi connectivity index (χ2n) is 3.30. The summed E-state index contributed by atoms with van der Waals surface area (Å²) in [5.74, 6) is 0.0929. The lowest BCUT2D eigenvalue weighted by Gasteiger charge is -2.15. The van der Waals surface area contributed by atoms with Crippen molar-refractivity contribution in [1.29, 1.82) is 5.26 Å². The van der Waals surface area contributed by atoms with Crippen LogP contribution in [0.3, 0.4) is 0 Å². The Morgan fingerprint density at radius 1 is 1.47 bits per heavy atom. The van der Waals surface area contributed by atoms with Crippen LogP contribution in [0.1, 0.15) is 18.6 Å². The number of ether oxygens (including phenoxy) is 1. The lowest BCUT2D eigenvalue weighted by atomic mass is 10.0. The maximum atomic E-state index is 9.67. The summed E-state index contributed by atoms with van der Waals surface area (Å²) in [6.07, 6.45) is -2.88. The largest absolute Gasteiger partial charge is 0.503 e. The van der Waals surface area contributed by atoms with E-state index in [2.05, 4.69) is 15.9 Å². The van der Waals surface area contributed by atoms with E-state index in [0.717, 1.165) is 0 Å². The lowest BCUT2D eigenvalue weighted by Crippen LogP contribution is -2.15. The van der Waals surface area contributed by atoms with Gasteiger partial charge in [-0.1, -0.05) is 0 Å². The van der Waals surface area contributed by atoms with Gasteiger partial charge in [-0.05, 0) is 40.5 Å². The molecule has 3 N–H and O–H groups in total. The minimum Gasteiger partial charge on any atom is -0.503 e. The SMILES string of the molecule is CCOc1cc(C(O)C(O)C#N)cc(Br)c1O. The van der Waals surface area contributed by atoms with Gasteiger partial charge in [-0.3, -0.25) is 0 Å². The molecule has 5 nitrogen and oxygen atoms in total. The molecule has 92 valence electrons. The fourth-order valence-corrected chi connectivity index (χ4v) is 1.74. The molecule has 0 aliphatic heterocycles. The van der Waals surface area contributed by atoms with Gasteiger partial charge in [0, 0.05) is 0 Å². The van der Waals surface area contributed by atoms with Crippen molar-refractivity contribution in [2.45, 2.75) is 19.1 Å². The van der Waals surface area contributed by atoms with Gasteiger partial charge in [0.1, 0.15) is 6.10 Å². The van der Waals surface area contributed by atoms with Crippen molar-refractivity contribution in [3.05, 3.63) is 22.2 Å². The van der Waals surface area contributed by atoms with Crippen LogP contribution in [-0.2, 0) is 0 Å². The van der Waals surface area contributed by atoms with Gasteiger partial charge in [0.05, 0.1) is 17.1 Å². The van der Waals surface area contributed by atoms with Gasteiger partial charge in [-0.25, -0.2) is 0 Å². The van der Waals surface area contributed by atoms with Crippen LogP contribution >= 0.6 is 15.9 Å². The van der Waals surface area contributed by atoms with E-state index >= 15 is 0 Å². The van der Waals surface area contributed by atoms with Crippen molar-refractivity contribution in [2.24, 2.45) is 0 Å². The highest BCUT2D eigenvalue weighted by atomic mass is 79.9. The standard InChI is InChI=1S/C11H12BrNO4/c1-2-17-9-4-6(3-7(12)11(9)16)10(15)8(14)5-13/h3-4,8,10,14-16H,2H2,1H3. The van der Waals surface area contributed by atoms with E-state index in [1.807, 2.05) is 0 Å². The molecule has 6 heteroatoms. The monoisotopic (exact) mass is 301 g/mol. The van der Waals surface area contributed by atoms with Crippen LogP contribution in [0.2, 0.25) is 0 Å². The average Bonchev–Trinajstić information content (AvgIpc) is 2.33. The highest BCUT2D eigenvalue weighted by Crippen LogP contribution is 2.37. The number of aromatic hydroxyl groups is 1. The van der Waals surface area contributed by atoms with E-state index in [1.165, 1.54) is 18.2 Å². The van der Waals surface area contributed by atoms with Gasteiger partial charge in [0.25, 0.3) is 0 Å². The number of hydrogen-bond acceptors (Lipinski definition) is 5. The molecule has 0 saturated carbocycles. The van der Waals surface area contributed by atoms with Crippen molar-refractivity contribution in [2.75, 3.05) is 6.61 Å². The molecule has 1 aromatic rings. The van der Waals surface area contributed by atoms with Gasteiger partial charge in [-0.2, -0.15) is 5.26 Å². The maximum Gasteiger partial charge on any atom is 0.172 e. The number of phenols is 1. The highest BCUT2D eigenvalue weighted by Gasteiger charge is 2.20. The Labute approximate surface area is 107 Å². The Balaban J connectivity index is 3.14. The third-order valence-corrected chi connectivity index (χ3v) is 2.73. The zero-order valence-electron chi connectivity index (χ0n) is 9.09. The molecular weight excluding hydrogens is 290 g/mol. The maximum absolute atomic E-state index is 9.67. The van der Waals surface area contributed by atoms with Gasteiger partial charge in [0.15, 0.2) is 17.6 Å². The molecule has 2 unspecified atom stereocenters. The van der Waals surface area contributed by atoms with Crippen molar-refractivity contribution >= 4 is 15.9 Å². The van der Waals surface area contributed by atoms with Gasteiger partial charge < -0.3 is 20.1 Å². The zero-order chi connectivity index (χ0) is 13.0. The molecule has 17 heavy (non-hydrogen) atoms. The van der Waals surface area contributed by atoms with Crippen LogP contribution in [0.25, 0.3) is 0 Å². The number of nitrogens with zero attached hydrogens (tertiary/aromatic N) is 1. The van der Waals surface area contributed by atoms with Crippen LogP contribution in [0.15, 0.2) is 16.6 Å².